The molecule has 0 spiro atoms. The molecule has 0 aliphatic carbocycles. The Hall–Kier alpha value is -3.50. The van der Waals surface area contributed by atoms with Crippen LogP contribution in [0.1, 0.15) is 25.4 Å². The van der Waals surface area contributed by atoms with Crippen LogP contribution in [0.25, 0.3) is 11.3 Å². The fraction of sp³-hybridized carbons (Fsp3) is 0.278. The summed E-state index contributed by atoms with van der Waals surface area (Å²) in [6, 6.07) is 2.90. The molecule has 3 heterocycles. The van der Waals surface area contributed by atoms with Gasteiger partial charge in [-0.25, -0.2) is 19.3 Å². The molecule has 0 unspecified atom stereocenters. The first-order chi connectivity index (χ1) is 13.5. The monoisotopic (exact) mass is 405 g/mol. The number of carbonyl (C=O) groups excluding carboxylic acids is 1. The van der Waals surface area contributed by atoms with Crippen LogP contribution >= 0.6 is 0 Å². The van der Waals surface area contributed by atoms with Gasteiger partial charge in [-0.3, -0.25) is 9.48 Å². The highest BCUT2D eigenvalue weighted by molar-refractivity contribution is 5.89. The average Bonchev–Trinajstić information content (AvgIpc) is 2.91. The van der Waals surface area contributed by atoms with Gasteiger partial charge in [-0.1, -0.05) is 0 Å². The van der Waals surface area contributed by atoms with E-state index in [1.807, 2.05) is 0 Å². The quantitative estimate of drug-likeness (QED) is 0.674. The summed E-state index contributed by atoms with van der Waals surface area (Å²) in [5, 5.41) is 9.47. The van der Waals surface area contributed by atoms with Crippen molar-refractivity contribution in [3.63, 3.8) is 0 Å². The molecule has 152 valence electrons. The predicted octanol–water partition coefficient (Wildman–Crippen LogP) is 3.53. The molecule has 3 aromatic rings. The van der Waals surface area contributed by atoms with Crippen molar-refractivity contribution >= 4 is 23.2 Å². The zero-order chi connectivity index (χ0) is 21.3. The van der Waals surface area contributed by atoms with E-state index in [-0.39, 0.29) is 34.5 Å². The molecule has 8 nitrogen and oxygen atoms in total. The van der Waals surface area contributed by atoms with Crippen LogP contribution in [-0.2, 0) is 17.8 Å². The Morgan fingerprint density at radius 3 is 2.52 bits per heavy atom. The molecule has 0 bridgehead atoms. The number of hydrogen-bond donors (Lipinski definition) is 2. The first kappa shape index (κ1) is 20.2. The standard InChI is InChI=1S/C18H18F3N7O/c1-9-5-15(26-17(23-9)18(3,20)21)25-13-6-14(24-10(2)29)22-7-11(13)16-12(19)8-28(4)27-16/h5-8H,1-4H3,(H2,22,23,24,25,26,29). The van der Waals surface area contributed by atoms with Crippen LogP contribution in [-0.4, -0.2) is 30.6 Å². The summed E-state index contributed by atoms with van der Waals surface area (Å²) in [5.74, 6) is -4.58. The van der Waals surface area contributed by atoms with Crippen molar-refractivity contribution in [1.29, 1.82) is 0 Å². The van der Waals surface area contributed by atoms with E-state index in [1.54, 1.807) is 14.0 Å². The van der Waals surface area contributed by atoms with E-state index in [0.717, 1.165) is 0 Å². The van der Waals surface area contributed by atoms with Crippen molar-refractivity contribution in [2.45, 2.75) is 26.7 Å². The summed E-state index contributed by atoms with van der Waals surface area (Å²) in [6.45, 7) is 3.56. The minimum atomic E-state index is -3.24. The zero-order valence-electron chi connectivity index (χ0n) is 16.1. The van der Waals surface area contributed by atoms with Crippen LogP contribution in [0.15, 0.2) is 24.5 Å². The molecule has 1 amide bonds. The molecule has 0 radical (unpaired) electrons. The van der Waals surface area contributed by atoms with Gasteiger partial charge in [-0.2, -0.15) is 13.9 Å². The second kappa shape index (κ2) is 7.49. The number of aryl methyl sites for hydroxylation is 2. The van der Waals surface area contributed by atoms with Gasteiger partial charge in [0.25, 0.3) is 0 Å². The van der Waals surface area contributed by atoms with Crippen LogP contribution in [0.3, 0.4) is 0 Å². The number of rotatable bonds is 5. The normalized spacial score (nSPS) is 11.4. The van der Waals surface area contributed by atoms with Crippen molar-refractivity contribution in [2.75, 3.05) is 10.6 Å². The maximum atomic E-state index is 14.3. The lowest BCUT2D eigenvalue weighted by Crippen LogP contribution is -2.14. The fourth-order valence-electron chi connectivity index (χ4n) is 2.61. The summed E-state index contributed by atoms with van der Waals surface area (Å²) in [4.78, 5) is 23.0. The molecular weight excluding hydrogens is 387 g/mol. The highest BCUT2D eigenvalue weighted by Crippen LogP contribution is 2.33. The molecule has 0 atom stereocenters. The van der Waals surface area contributed by atoms with Crippen LogP contribution in [0, 0.1) is 12.7 Å². The lowest BCUT2D eigenvalue weighted by Gasteiger charge is -2.15. The maximum Gasteiger partial charge on any atom is 0.303 e. The van der Waals surface area contributed by atoms with Crippen LogP contribution < -0.4 is 10.6 Å². The number of carbonyl (C=O) groups is 1. The maximum absolute atomic E-state index is 14.3. The van der Waals surface area contributed by atoms with Crippen molar-refractivity contribution < 1.29 is 18.0 Å². The molecule has 3 rings (SSSR count). The summed E-state index contributed by atoms with van der Waals surface area (Å²) < 4.78 is 42.9. The second-order valence-electron chi connectivity index (χ2n) is 6.53. The highest BCUT2D eigenvalue weighted by Gasteiger charge is 2.29. The minimum absolute atomic E-state index is 0.00342. The van der Waals surface area contributed by atoms with Gasteiger partial charge in [0.15, 0.2) is 5.82 Å². The number of nitrogens with zero attached hydrogens (tertiary/aromatic N) is 5. The Kier molecular flexibility index (Phi) is 5.23. The van der Waals surface area contributed by atoms with Crippen molar-refractivity contribution in [3.05, 3.63) is 41.9 Å². The number of pyridine rings is 1. The Morgan fingerprint density at radius 2 is 1.93 bits per heavy atom. The molecule has 29 heavy (non-hydrogen) atoms. The zero-order valence-corrected chi connectivity index (χ0v) is 16.1. The van der Waals surface area contributed by atoms with Crippen molar-refractivity contribution in [3.8, 4) is 11.3 Å². The fourth-order valence-corrected chi connectivity index (χ4v) is 2.61. The van der Waals surface area contributed by atoms with Gasteiger partial charge in [0.05, 0.1) is 11.9 Å². The topological polar surface area (TPSA) is 97.6 Å². The molecule has 0 fully saturated rings. The van der Waals surface area contributed by atoms with Gasteiger partial charge in [-0.05, 0) is 6.92 Å². The summed E-state index contributed by atoms with van der Waals surface area (Å²) in [5.41, 5.74) is 0.854. The van der Waals surface area contributed by atoms with Gasteiger partial charge in [0.1, 0.15) is 17.3 Å². The van der Waals surface area contributed by atoms with Crippen LogP contribution in [0.2, 0.25) is 0 Å². The smallest absolute Gasteiger partial charge is 0.303 e. The highest BCUT2D eigenvalue weighted by atomic mass is 19.3. The van der Waals surface area contributed by atoms with E-state index in [2.05, 4.69) is 30.7 Å². The van der Waals surface area contributed by atoms with E-state index in [9.17, 15) is 18.0 Å². The molecule has 0 aromatic carbocycles. The van der Waals surface area contributed by atoms with E-state index in [4.69, 9.17) is 0 Å². The number of anilines is 3. The number of aromatic nitrogens is 5. The molecular formula is C18H18F3N7O. The number of hydrogen-bond acceptors (Lipinski definition) is 6. The van der Waals surface area contributed by atoms with E-state index in [0.29, 0.717) is 12.6 Å². The Bertz CT molecular complexity index is 1080. The lowest BCUT2D eigenvalue weighted by atomic mass is 10.1. The first-order valence-electron chi connectivity index (χ1n) is 8.51. The second-order valence-corrected chi connectivity index (χ2v) is 6.53. The predicted molar refractivity (Wildman–Crippen MR) is 100 cm³/mol. The number of nitrogens with one attached hydrogen (secondary N) is 2. The van der Waals surface area contributed by atoms with E-state index >= 15 is 0 Å². The summed E-state index contributed by atoms with van der Waals surface area (Å²) in [7, 11) is 1.56. The minimum Gasteiger partial charge on any atom is -0.339 e. The number of halogens is 3. The van der Waals surface area contributed by atoms with Gasteiger partial charge >= 0.3 is 5.92 Å². The molecule has 2 N–H and O–H groups in total. The summed E-state index contributed by atoms with van der Waals surface area (Å²) in [6.07, 6.45) is 2.51. The first-order valence-corrected chi connectivity index (χ1v) is 8.51. The average molecular weight is 405 g/mol. The van der Waals surface area contributed by atoms with Gasteiger partial charge in [0, 0.05) is 50.5 Å². The number of amides is 1. The van der Waals surface area contributed by atoms with Crippen LogP contribution in [0.4, 0.5) is 30.5 Å². The molecule has 0 aliphatic rings. The van der Waals surface area contributed by atoms with E-state index in [1.165, 1.54) is 36.1 Å². The van der Waals surface area contributed by atoms with Gasteiger partial charge < -0.3 is 10.6 Å². The van der Waals surface area contributed by atoms with Crippen LogP contribution in [0.5, 0.6) is 0 Å². The Balaban J connectivity index is 2.10. The van der Waals surface area contributed by atoms with Gasteiger partial charge in [0.2, 0.25) is 11.7 Å². The largest absolute Gasteiger partial charge is 0.339 e. The Labute approximate surface area is 164 Å². The third-order valence-corrected chi connectivity index (χ3v) is 3.76. The summed E-state index contributed by atoms with van der Waals surface area (Å²) >= 11 is 0. The third kappa shape index (κ3) is 4.68. The Morgan fingerprint density at radius 1 is 1.21 bits per heavy atom. The van der Waals surface area contributed by atoms with Gasteiger partial charge in [-0.15, -0.1) is 0 Å². The molecule has 0 saturated heterocycles. The third-order valence-electron chi connectivity index (χ3n) is 3.76. The molecule has 0 aliphatic heterocycles. The SMILES string of the molecule is CC(=O)Nc1cc(Nc2cc(C)nc(C(C)(F)F)n2)c(-c2nn(C)cc2F)cn1. The van der Waals surface area contributed by atoms with Crippen molar-refractivity contribution in [2.24, 2.45) is 7.05 Å². The van der Waals surface area contributed by atoms with Crippen molar-refractivity contribution in [1.82, 2.24) is 24.7 Å². The molecule has 11 heteroatoms. The lowest BCUT2D eigenvalue weighted by molar-refractivity contribution is -0.114. The molecule has 0 saturated carbocycles. The molecule has 3 aromatic heterocycles. The number of alkyl halides is 2. The van der Waals surface area contributed by atoms with E-state index < -0.39 is 17.6 Å².